The van der Waals surface area contributed by atoms with Crippen molar-refractivity contribution in [3.63, 3.8) is 0 Å². The molecule has 0 unspecified atom stereocenters. The summed E-state index contributed by atoms with van der Waals surface area (Å²) in [5.41, 5.74) is 0.190. The molecule has 2 radical (unpaired) electrons. The molecule has 2 nitrogen and oxygen atoms in total. The third kappa shape index (κ3) is 3.46. The normalized spacial score (nSPS) is 24.6. The first-order chi connectivity index (χ1) is 7.36. The predicted octanol–water partition coefficient (Wildman–Crippen LogP) is 3.22. The van der Waals surface area contributed by atoms with Gasteiger partial charge in [0.15, 0.2) is 0 Å². The van der Waals surface area contributed by atoms with Gasteiger partial charge in [-0.1, -0.05) is 27.2 Å². The van der Waals surface area contributed by atoms with Gasteiger partial charge in [0.25, 0.3) is 0 Å². The molecule has 1 aliphatic rings. The first-order valence-electron chi connectivity index (χ1n) is 6.66. The zero-order valence-corrected chi connectivity index (χ0v) is 11.9. The molecule has 0 bridgehead atoms. The molecule has 2 heteroatoms. The summed E-state index contributed by atoms with van der Waals surface area (Å²) >= 11 is 0. The lowest BCUT2D eigenvalue weighted by Gasteiger charge is -2.37. The fourth-order valence-electron chi connectivity index (χ4n) is 2.22. The smallest absolute Gasteiger partial charge is 0.147 e. The van der Waals surface area contributed by atoms with E-state index in [4.69, 9.17) is 0 Å². The van der Waals surface area contributed by atoms with Gasteiger partial charge in [-0.05, 0) is 33.1 Å². The van der Waals surface area contributed by atoms with Crippen LogP contribution < -0.4 is 0 Å². The lowest BCUT2D eigenvalue weighted by atomic mass is 9.98. The van der Waals surface area contributed by atoms with E-state index in [-0.39, 0.29) is 5.54 Å². The van der Waals surface area contributed by atoms with Crippen molar-refractivity contribution >= 4 is 0 Å². The fourth-order valence-corrected chi connectivity index (χ4v) is 2.22. The van der Waals surface area contributed by atoms with Gasteiger partial charge in [-0.15, -0.1) is 0 Å². The zero-order chi connectivity index (χ0) is 12.3. The Morgan fingerprint density at radius 2 is 1.94 bits per heavy atom. The second-order valence-corrected chi connectivity index (χ2v) is 6.25. The molecule has 1 heterocycles. The summed E-state index contributed by atoms with van der Waals surface area (Å²) in [6.45, 7) is 19.6. The van der Waals surface area contributed by atoms with Gasteiger partial charge < -0.3 is 0 Å². The minimum atomic E-state index is 0.190. The lowest BCUT2D eigenvalue weighted by Crippen LogP contribution is -2.45. The summed E-state index contributed by atoms with van der Waals surface area (Å²) in [4.78, 5) is 4.80. The summed E-state index contributed by atoms with van der Waals surface area (Å²) in [5, 5.41) is 0. The van der Waals surface area contributed by atoms with E-state index in [1.165, 1.54) is 12.8 Å². The highest BCUT2D eigenvalue weighted by Crippen LogP contribution is 2.30. The Bertz CT molecular complexity index is 205. The maximum Gasteiger partial charge on any atom is 0.147 e. The molecule has 0 aromatic heterocycles. The van der Waals surface area contributed by atoms with Crippen LogP contribution in [0.4, 0.5) is 0 Å². The Hall–Kier alpha value is -0.0800. The van der Waals surface area contributed by atoms with Gasteiger partial charge in [-0.3, -0.25) is 9.80 Å². The van der Waals surface area contributed by atoms with Crippen molar-refractivity contribution in [2.75, 3.05) is 13.1 Å². The average molecular weight is 224 g/mol. The maximum absolute atomic E-state index is 3.56. The van der Waals surface area contributed by atoms with E-state index in [9.17, 15) is 0 Å². The van der Waals surface area contributed by atoms with Crippen LogP contribution in [0.15, 0.2) is 0 Å². The number of unbranched alkanes of at least 4 members (excludes halogenated alkanes) is 1. The molecule has 16 heavy (non-hydrogen) atoms. The highest BCUT2D eigenvalue weighted by atomic mass is 15.4. The van der Waals surface area contributed by atoms with Crippen molar-refractivity contribution in [3.8, 4) is 0 Å². The van der Waals surface area contributed by atoms with Gasteiger partial charge in [0.05, 0.1) is 0 Å². The monoisotopic (exact) mass is 224 g/mol. The molecule has 0 amide bonds. The molecule has 1 rings (SSSR count). The molecule has 94 valence electrons. The van der Waals surface area contributed by atoms with E-state index in [0.717, 1.165) is 13.1 Å². The third-order valence-electron chi connectivity index (χ3n) is 3.26. The van der Waals surface area contributed by atoms with Crippen LogP contribution in [0.3, 0.4) is 0 Å². The molecule has 1 aliphatic heterocycles. The van der Waals surface area contributed by atoms with Crippen molar-refractivity contribution in [2.24, 2.45) is 5.92 Å². The molecule has 1 atom stereocenters. The molecule has 0 aromatic carbocycles. The van der Waals surface area contributed by atoms with Gasteiger partial charge in [0.2, 0.25) is 0 Å². The molecular formula is C14H28N2. The van der Waals surface area contributed by atoms with E-state index < -0.39 is 0 Å². The van der Waals surface area contributed by atoms with Crippen molar-refractivity contribution in [2.45, 2.75) is 66.0 Å². The Morgan fingerprint density at radius 1 is 1.31 bits per heavy atom. The van der Waals surface area contributed by atoms with Gasteiger partial charge >= 0.3 is 0 Å². The van der Waals surface area contributed by atoms with Crippen molar-refractivity contribution in [3.05, 3.63) is 6.67 Å². The summed E-state index contributed by atoms with van der Waals surface area (Å²) in [6, 6.07) is 0.622. The van der Waals surface area contributed by atoms with Gasteiger partial charge in [-0.25, -0.2) is 0 Å². The van der Waals surface area contributed by atoms with Crippen LogP contribution in [0.1, 0.15) is 54.4 Å². The standard InChI is InChI=1S/C14H28N2/c1-7-8-9-15-10-13(12(2)3)16(11-15)14(4,5)6/h12-13H,7-10H2,1-6H3/t13-/m0/s1. The summed E-state index contributed by atoms with van der Waals surface area (Å²) in [7, 11) is 0. The predicted molar refractivity (Wildman–Crippen MR) is 69.9 cm³/mol. The lowest BCUT2D eigenvalue weighted by molar-refractivity contribution is 0.122. The number of nitrogens with zero attached hydrogens (tertiary/aromatic N) is 2. The second-order valence-electron chi connectivity index (χ2n) is 6.25. The Balaban J connectivity index is 2.61. The van der Waals surface area contributed by atoms with E-state index >= 15 is 0 Å². The van der Waals surface area contributed by atoms with Crippen LogP contribution >= 0.6 is 0 Å². The molecule has 1 saturated heterocycles. The van der Waals surface area contributed by atoms with Crippen molar-refractivity contribution in [1.82, 2.24) is 9.80 Å². The van der Waals surface area contributed by atoms with Crippen LogP contribution in [-0.2, 0) is 0 Å². The highest BCUT2D eigenvalue weighted by Gasteiger charge is 2.39. The van der Waals surface area contributed by atoms with Crippen LogP contribution in [0, 0.1) is 12.6 Å². The summed E-state index contributed by atoms with van der Waals surface area (Å²) < 4.78 is 0. The quantitative estimate of drug-likeness (QED) is 0.723. The van der Waals surface area contributed by atoms with Gasteiger partial charge in [0, 0.05) is 24.7 Å². The van der Waals surface area contributed by atoms with E-state index in [1.54, 1.807) is 0 Å². The summed E-state index contributed by atoms with van der Waals surface area (Å²) in [6.07, 6.45) is 2.54. The molecule has 0 aliphatic carbocycles. The topological polar surface area (TPSA) is 6.48 Å². The van der Waals surface area contributed by atoms with Crippen LogP contribution in [0.5, 0.6) is 0 Å². The first-order valence-corrected chi connectivity index (χ1v) is 6.66. The Morgan fingerprint density at radius 3 is 2.31 bits per heavy atom. The molecule has 0 saturated carbocycles. The molecule has 1 fully saturated rings. The Kier molecular flexibility index (Phi) is 4.81. The third-order valence-corrected chi connectivity index (χ3v) is 3.26. The minimum Gasteiger partial charge on any atom is -0.278 e. The van der Waals surface area contributed by atoms with Crippen molar-refractivity contribution in [1.29, 1.82) is 0 Å². The van der Waals surface area contributed by atoms with E-state index in [2.05, 4.69) is 58.0 Å². The van der Waals surface area contributed by atoms with Crippen molar-refractivity contribution < 1.29 is 0 Å². The van der Waals surface area contributed by atoms with Crippen LogP contribution in [-0.4, -0.2) is 34.5 Å². The number of rotatable bonds is 4. The van der Waals surface area contributed by atoms with E-state index in [0.29, 0.717) is 12.0 Å². The zero-order valence-electron chi connectivity index (χ0n) is 11.9. The SMILES string of the molecule is CCCCN1[C]N(C(C)(C)C)[C@H](C(C)C)C1. The Labute approximate surface area is 102 Å². The second kappa shape index (κ2) is 5.50. The fraction of sp³-hybridized carbons (Fsp3) is 0.929. The molecule has 0 aromatic rings. The minimum absolute atomic E-state index is 0.190. The maximum atomic E-state index is 3.56. The summed E-state index contributed by atoms with van der Waals surface area (Å²) in [5.74, 6) is 0.693. The molecule has 0 N–H and O–H groups in total. The van der Waals surface area contributed by atoms with Crippen LogP contribution in [0.25, 0.3) is 0 Å². The first kappa shape index (κ1) is 14.0. The van der Waals surface area contributed by atoms with Gasteiger partial charge in [0.1, 0.15) is 6.67 Å². The van der Waals surface area contributed by atoms with E-state index in [1.807, 2.05) is 0 Å². The molecule has 0 spiro atoms. The number of hydrogen-bond acceptors (Lipinski definition) is 2. The average Bonchev–Trinajstić information content (AvgIpc) is 2.58. The van der Waals surface area contributed by atoms with Crippen LogP contribution in [0.2, 0.25) is 0 Å². The van der Waals surface area contributed by atoms with Gasteiger partial charge in [-0.2, -0.15) is 0 Å². The highest BCUT2D eigenvalue weighted by molar-refractivity contribution is 4.97. The largest absolute Gasteiger partial charge is 0.278 e. The molecular weight excluding hydrogens is 196 g/mol. The number of hydrogen-bond donors (Lipinski definition) is 0.